The van der Waals surface area contributed by atoms with Gasteiger partial charge in [-0.05, 0) is 12.3 Å². The largest absolute Gasteiger partial charge is 0.388 e. The molecule has 0 aliphatic carbocycles. The first kappa shape index (κ1) is 10.9. The molecule has 0 heterocycles. The van der Waals surface area contributed by atoms with Gasteiger partial charge in [0.05, 0.1) is 5.60 Å². The van der Waals surface area contributed by atoms with E-state index in [0.29, 0.717) is 6.54 Å². The maximum Gasteiger partial charge on any atom is 0.0830 e. The van der Waals surface area contributed by atoms with E-state index in [2.05, 4.69) is 0 Å². The predicted molar refractivity (Wildman–Crippen MR) is 47.1 cm³/mol. The summed E-state index contributed by atoms with van der Waals surface area (Å²) >= 11 is 0. The summed E-state index contributed by atoms with van der Waals surface area (Å²) in [6.07, 6.45) is 0. The van der Waals surface area contributed by atoms with Crippen LogP contribution >= 0.6 is 0 Å². The van der Waals surface area contributed by atoms with E-state index in [0.717, 1.165) is 0 Å². The van der Waals surface area contributed by atoms with Gasteiger partial charge in [-0.15, -0.1) is 0 Å². The summed E-state index contributed by atoms with van der Waals surface area (Å²) in [6.45, 7) is 7.88. The summed E-state index contributed by atoms with van der Waals surface area (Å²) < 4.78 is 0. The summed E-state index contributed by atoms with van der Waals surface area (Å²) in [5.41, 5.74) is 9.90. The Morgan fingerprint density at radius 2 is 1.64 bits per heavy atom. The third kappa shape index (κ3) is 2.15. The molecule has 0 amide bonds. The lowest BCUT2D eigenvalue weighted by Gasteiger charge is -2.41. The number of rotatable bonds is 2. The fourth-order valence-corrected chi connectivity index (χ4v) is 0.786. The molecule has 0 rings (SSSR count). The lowest BCUT2D eigenvalue weighted by Crippen LogP contribution is -2.57. The second-order valence-corrected chi connectivity index (χ2v) is 4.24. The van der Waals surface area contributed by atoms with Crippen LogP contribution in [0.2, 0.25) is 0 Å². The molecule has 0 aromatic rings. The van der Waals surface area contributed by atoms with Gasteiger partial charge in [0.2, 0.25) is 0 Å². The molecule has 2 unspecified atom stereocenters. The van der Waals surface area contributed by atoms with Gasteiger partial charge in [0.15, 0.2) is 0 Å². The van der Waals surface area contributed by atoms with Gasteiger partial charge in [-0.1, -0.05) is 20.8 Å². The lowest BCUT2D eigenvalue weighted by molar-refractivity contribution is -0.0595. The van der Waals surface area contributed by atoms with Crippen molar-refractivity contribution >= 4 is 0 Å². The summed E-state index contributed by atoms with van der Waals surface area (Å²) in [4.78, 5) is 0. The average Bonchev–Trinajstić information content (AvgIpc) is 1.83. The highest BCUT2D eigenvalue weighted by atomic mass is 16.3. The minimum Gasteiger partial charge on any atom is -0.388 e. The maximum atomic E-state index is 9.91. The van der Waals surface area contributed by atoms with Crippen molar-refractivity contribution in [3.8, 4) is 0 Å². The van der Waals surface area contributed by atoms with Crippen LogP contribution in [-0.2, 0) is 0 Å². The first-order valence-corrected chi connectivity index (χ1v) is 3.91. The highest BCUT2D eigenvalue weighted by Gasteiger charge is 2.39. The Morgan fingerprint density at radius 1 is 1.27 bits per heavy atom. The van der Waals surface area contributed by atoms with E-state index in [-0.39, 0.29) is 11.5 Å². The summed E-state index contributed by atoms with van der Waals surface area (Å²) in [6, 6.07) is -0.359. The van der Waals surface area contributed by atoms with Crippen LogP contribution < -0.4 is 11.5 Å². The van der Waals surface area contributed by atoms with Crippen LogP contribution in [0.25, 0.3) is 0 Å². The molecule has 0 bridgehead atoms. The Kier molecular flexibility index (Phi) is 3.06. The van der Waals surface area contributed by atoms with Gasteiger partial charge >= 0.3 is 0 Å². The molecule has 3 nitrogen and oxygen atoms in total. The highest BCUT2D eigenvalue weighted by molar-refractivity contribution is 4.95. The van der Waals surface area contributed by atoms with Crippen molar-refractivity contribution in [2.75, 3.05) is 6.54 Å². The maximum absolute atomic E-state index is 9.91. The fourth-order valence-electron chi connectivity index (χ4n) is 0.786. The summed E-state index contributed by atoms with van der Waals surface area (Å²) in [7, 11) is 0. The van der Waals surface area contributed by atoms with Gasteiger partial charge in [-0.3, -0.25) is 0 Å². The Bertz CT molecular complexity index is 127. The minimum atomic E-state index is -0.901. The molecule has 0 fully saturated rings. The van der Waals surface area contributed by atoms with Crippen molar-refractivity contribution in [2.45, 2.75) is 39.3 Å². The number of hydrogen-bond donors (Lipinski definition) is 3. The Hall–Kier alpha value is -0.120. The number of aliphatic hydroxyl groups is 1. The molecular weight excluding hydrogens is 140 g/mol. The molecule has 5 N–H and O–H groups in total. The zero-order valence-electron chi connectivity index (χ0n) is 7.89. The molecule has 2 atom stereocenters. The van der Waals surface area contributed by atoms with Crippen LogP contribution in [0.4, 0.5) is 0 Å². The quantitative estimate of drug-likeness (QED) is 0.535. The van der Waals surface area contributed by atoms with Crippen molar-refractivity contribution in [3.05, 3.63) is 0 Å². The van der Waals surface area contributed by atoms with Gasteiger partial charge in [0.1, 0.15) is 0 Å². The second kappa shape index (κ2) is 3.09. The standard InChI is InChI=1S/C8H20N2O/c1-7(2,3)8(4,11)6(10)5-9/h6,11H,5,9-10H2,1-4H3. The van der Waals surface area contributed by atoms with E-state index < -0.39 is 5.60 Å². The van der Waals surface area contributed by atoms with Crippen molar-refractivity contribution < 1.29 is 5.11 Å². The van der Waals surface area contributed by atoms with Crippen LogP contribution in [0.5, 0.6) is 0 Å². The topological polar surface area (TPSA) is 72.3 Å². The first-order chi connectivity index (χ1) is 4.73. The van der Waals surface area contributed by atoms with Gasteiger partial charge < -0.3 is 16.6 Å². The molecule has 3 heteroatoms. The van der Waals surface area contributed by atoms with Crippen molar-refractivity contribution in [1.82, 2.24) is 0 Å². The van der Waals surface area contributed by atoms with E-state index in [9.17, 15) is 5.11 Å². The van der Waals surface area contributed by atoms with Crippen LogP contribution in [0.15, 0.2) is 0 Å². The predicted octanol–water partition coefficient (Wildman–Crippen LogP) is 0.0695. The van der Waals surface area contributed by atoms with Crippen molar-refractivity contribution in [1.29, 1.82) is 0 Å². The monoisotopic (exact) mass is 160 g/mol. The SMILES string of the molecule is CC(C)(C)C(C)(O)C(N)CN. The molecule has 0 aromatic heterocycles. The van der Waals surface area contributed by atoms with Crippen LogP contribution in [0.3, 0.4) is 0 Å². The van der Waals surface area contributed by atoms with Gasteiger partial charge in [-0.25, -0.2) is 0 Å². The number of nitrogens with two attached hydrogens (primary N) is 2. The van der Waals surface area contributed by atoms with Crippen LogP contribution in [0, 0.1) is 5.41 Å². The molecule has 0 radical (unpaired) electrons. The first-order valence-electron chi connectivity index (χ1n) is 3.91. The highest BCUT2D eigenvalue weighted by Crippen LogP contribution is 2.31. The van der Waals surface area contributed by atoms with E-state index >= 15 is 0 Å². The Balaban J connectivity index is 4.45. The molecule has 0 saturated heterocycles. The normalized spacial score (nSPS) is 21.0. The minimum absolute atomic E-state index is 0.230. The average molecular weight is 160 g/mol. The fraction of sp³-hybridized carbons (Fsp3) is 1.00. The second-order valence-electron chi connectivity index (χ2n) is 4.24. The zero-order valence-corrected chi connectivity index (χ0v) is 7.89. The van der Waals surface area contributed by atoms with Crippen LogP contribution in [-0.4, -0.2) is 23.3 Å². The molecule has 0 saturated carbocycles. The Morgan fingerprint density at radius 3 is 1.73 bits per heavy atom. The molecule has 11 heavy (non-hydrogen) atoms. The molecule has 0 aliphatic heterocycles. The molecular formula is C8H20N2O. The number of hydrogen-bond acceptors (Lipinski definition) is 3. The van der Waals surface area contributed by atoms with E-state index in [4.69, 9.17) is 11.5 Å². The van der Waals surface area contributed by atoms with E-state index in [1.807, 2.05) is 20.8 Å². The summed E-state index contributed by atoms with van der Waals surface area (Å²) in [5, 5.41) is 9.91. The van der Waals surface area contributed by atoms with Gasteiger partial charge in [0.25, 0.3) is 0 Å². The summed E-state index contributed by atoms with van der Waals surface area (Å²) in [5.74, 6) is 0. The third-order valence-electron chi connectivity index (χ3n) is 2.49. The van der Waals surface area contributed by atoms with Crippen molar-refractivity contribution in [2.24, 2.45) is 16.9 Å². The van der Waals surface area contributed by atoms with Gasteiger partial charge in [-0.2, -0.15) is 0 Å². The van der Waals surface area contributed by atoms with E-state index in [1.165, 1.54) is 0 Å². The van der Waals surface area contributed by atoms with Gasteiger partial charge in [0, 0.05) is 12.6 Å². The zero-order chi connectivity index (χ0) is 9.28. The van der Waals surface area contributed by atoms with Crippen molar-refractivity contribution in [3.63, 3.8) is 0 Å². The molecule has 0 spiro atoms. The molecule has 68 valence electrons. The lowest BCUT2D eigenvalue weighted by atomic mass is 9.73. The van der Waals surface area contributed by atoms with E-state index in [1.54, 1.807) is 6.92 Å². The third-order valence-corrected chi connectivity index (χ3v) is 2.49. The Labute approximate surface area is 68.8 Å². The van der Waals surface area contributed by atoms with Crippen LogP contribution in [0.1, 0.15) is 27.7 Å². The molecule has 0 aliphatic rings. The smallest absolute Gasteiger partial charge is 0.0830 e. The molecule has 0 aromatic carbocycles.